The molecule has 0 aliphatic carbocycles. The predicted molar refractivity (Wildman–Crippen MR) is 48.8 cm³/mol. The second-order valence-electron chi connectivity index (χ2n) is 3.03. The molecule has 0 aliphatic heterocycles. The van der Waals surface area contributed by atoms with Crippen molar-refractivity contribution in [2.45, 2.75) is 26.3 Å². The number of aromatic nitrogens is 1. The molecule has 0 spiro atoms. The predicted octanol–water partition coefficient (Wildman–Crippen LogP) is 1.99. The van der Waals surface area contributed by atoms with Crippen molar-refractivity contribution in [2.75, 3.05) is 6.54 Å². The molecule has 1 N–H and O–H groups in total. The van der Waals surface area contributed by atoms with E-state index < -0.39 is 0 Å². The maximum atomic E-state index is 4.26. The van der Waals surface area contributed by atoms with Crippen LogP contribution in [0, 0.1) is 0 Å². The molecule has 0 bridgehead atoms. The number of nitrogens with zero attached hydrogens (tertiary/aromatic N) is 1. The van der Waals surface area contributed by atoms with Crippen LogP contribution in [0.25, 0.3) is 0 Å². The molecule has 1 rings (SSSR count). The molecule has 0 fully saturated rings. The van der Waals surface area contributed by atoms with Gasteiger partial charge in [0.05, 0.1) is 16.7 Å². The van der Waals surface area contributed by atoms with Gasteiger partial charge < -0.3 is 5.32 Å². The van der Waals surface area contributed by atoms with Gasteiger partial charge in [-0.15, -0.1) is 11.3 Å². The number of nitrogens with one attached hydrogen (secondary N) is 1. The monoisotopic (exact) mass is 170 g/mol. The fraction of sp³-hybridized carbons (Fsp3) is 0.625. The van der Waals surface area contributed by atoms with Gasteiger partial charge in [-0.3, -0.25) is 0 Å². The number of hydrogen-bond donors (Lipinski definition) is 1. The van der Waals surface area contributed by atoms with Crippen molar-refractivity contribution in [2.24, 2.45) is 0 Å². The van der Waals surface area contributed by atoms with E-state index in [1.807, 2.05) is 5.51 Å². The highest BCUT2D eigenvalue weighted by molar-refractivity contribution is 7.07. The summed E-state index contributed by atoms with van der Waals surface area (Å²) in [6.07, 6.45) is 0. The van der Waals surface area contributed by atoms with Crippen LogP contribution < -0.4 is 5.32 Å². The molecule has 0 atom stereocenters. The van der Waals surface area contributed by atoms with E-state index in [9.17, 15) is 0 Å². The van der Waals surface area contributed by atoms with Crippen molar-refractivity contribution >= 4 is 11.3 Å². The maximum Gasteiger partial charge on any atom is 0.0795 e. The summed E-state index contributed by atoms with van der Waals surface area (Å²) in [6, 6.07) is 0. The van der Waals surface area contributed by atoms with Gasteiger partial charge in [-0.2, -0.15) is 0 Å². The van der Waals surface area contributed by atoms with Gasteiger partial charge in [0.1, 0.15) is 0 Å². The van der Waals surface area contributed by atoms with E-state index in [-0.39, 0.29) is 5.54 Å². The van der Waals surface area contributed by atoms with Gasteiger partial charge in [0.15, 0.2) is 0 Å². The van der Waals surface area contributed by atoms with Gasteiger partial charge in [0.2, 0.25) is 0 Å². The molecule has 0 saturated heterocycles. The Kier molecular flexibility index (Phi) is 2.62. The topological polar surface area (TPSA) is 24.9 Å². The van der Waals surface area contributed by atoms with Crippen LogP contribution in [0.5, 0.6) is 0 Å². The molecule has 3 heteroatoms. The zero-order valence-electron chi connectivity index (χ0n) is 7.22. The molecule has 11 heavy (non-hydrogen) atoms. The first-order chi connectivity index (χ1) is 5.17. The van der Waals surface area contributed by atoms with Crippen LogP contribution in [0.2, 0.25) is 0 Å². The summed E-state index contributed by atoms with van der Waals surface area (Å²) in [6.45, 7) is 7.37. The van der Waals surface area contributed by atoms with E-state index in [1.54, 1.807) is 11.3 Å². The lowest BCUT2D eigenvalue weighted by molar-refractivity contribution is 0.406. The van der Waals surface area contributed by atoms with E-state index in [0.29, 0.717) is 0 Å². The fourth-order valence-corrected chi connectivity index (χ4v) is 1.77. The summed E-state index contributed by atoms with van der Waals surface area (Å²) >= 11 is 1.64. The molecule has 0 amide bonds. The van der Waals surface area contributed by atoms with E-state index in [4.69, 9.17) is 0 Å². The standard InChI is InChI=1S/C8H14N2S/c1-4-10-8(2,3)7-5-11-6-9-7/h5-6,10H,4H2,1-3H3. The summed E-state index contributed by atoms with van der Waals surface area (Å²) in [5.74, 6) is 0. The van der Waals surface area contributed by atoms with Crippen molar-refractivity contribution in [3.8, 4) is 0 Å². The van der Waals surface area contributed by atoms with Crippen molar-refractivity contribution in [1.82, 2.24) is 10.3 Å². The lowest BCUT2D eigenvalue weighted by Crippen LogP contribution is -2.36. The average molecular weight is 170 g/mol. The summed E-state index contributed by atoms with van der Waals surface area (Å²) in [4.78, 5) is 4.26. The zero-order chi connectivity index (χ0) is 8.32. The minimum atomic E-state index is 0.0226. The molecule has 2 nitrogen and oxygen atoms in total. The largest absolute Gasteiger partial charge is 0.307 e. The highest BCUT2D eigenvalue weighted by Crippen LogP contribution is 2.18. The van der Waals surface area contributed by atoms with E-state index in [2.05, 4.69) is 36.5 Å². The maximum absolute atomic E-state index is 4.26. The van der Waals surface area contributed by atoms with Crippen molar-refractivity contribution in [3.05, 3.63) is 16.6 Å². The molecule has 0 radical (unpaired) electrons. The Morgan fingerprint density at radius 3 is 2.82 bits per heavy atom. The zero-order valence-corrected chi connectivity index (χ0v) is 8.03. The van der Waals surface area contributed by atoms with E-state index in [1.165, 1.54) is 0 Å². The van der Waals surface area contributed by atoms with Crippen LogP contribution in [-0.2, 0) is 5.54 Å². The van der Waals surface area contributed by atoms with Crippen molar-refractivity contribution < 1.29 is 0 Å². The van der Waals surface area contributed by atoms with Crippen LogP contribution in [-0.4, -0.2) is 11.5 Å². The average Bonchev–Trinajstić information content (AvgIpc) is 2.37. The molecule has 0 unspecified atom stereocenters. The number of rotatable bonds is 3. The van der Waals surface area contributed by atoms with E-state index >= 15 is 0 Å². The third-order valence-electron chi connectivity index (χ3n) is 1.69. The SMILES string of the molecule is CCNC(C)(C)c1cscn1. The van der Waals surface area contributed by atoms with Crippen LogP contribution in [0.4, 0.5) is 0 Å². The first-order valence-corrected chi connectivity index (χ1v) is 4.75. The summed E-state index contributed by atoms with van der Waals surface area (Å²) < 4.78 is 0. The molecule has 1 aromatic rings. The van der Waals surface area contributed by atoms with Gasteiger partial charge in [-0.25, -0.2) is 4.98 Å². The first kappa shape index (κ1) is 8.68. The van der Waals surface area contributed by atoms with Crippen LogP contribution in [0.1, 0.15) is 26.5 Å². The highest BCUT2D eigenvalue weighted by atomic mass is 32.1. The Morgan fingerprint density at radius 2 is 2.36 bits per heavy atom. The fourth-order valence-electron chi connectivity index (χ4n) is 1.05. The second-order valence-corrected chi connectivity index (χ2v) is 3.75. The normalized spacial score (nSPS) is 11.9. The number of hydrogen-bond acceptors (Lipinski definition) is 3. The smallest absolute Gasteiger partial charge is 0.0795 e. The van der Waals surface area contributed by atoms with Gasteiger partial charge in [-0.1, -0.05) is 6.92 Å². The molecule has 0 aliphatic rings. The van der Waals surface area contributed by atoms with Crippen LogP contribution in [0.3, 0.4) is 0 Å². The third-order valence-corrected chi connectivity index (χ3v) is 2.28. The quantitative estimate of drug-likeness (QED) is 0.750. The summed E-state index contributed by atoms with van der Waals surface area (Å²) in [5.41, 5.74) is 3.02. The van der Waals surface area contributed by atoms with Gasteiger partial charge in [0.25, 0.3) is 0 Å². The first-order valence-electron chi connectivity index (χ1n) is 3.80. The molecule has 0 saturated carbocycles. The van der Waals surface area contributed by atoms with Gasteiger partial charge in [-0.05, 0) is 20.4 Å². The lowest BCUT2D eigenvalue weighted by Gasteiger charge is -2.23. The Hall–Kier alpha value is -0.410. The van der Waals surface area contributed by atoms with Crippen LogP contribution >= 0.6 is 11.3 Å². The lowest BCUT2D eigenvalue weighted by atomic mass is 10.0. The van der Waals surface area contributed by atoms with Crippen molar-refractivity contribution in [1.29, 1.82) is 0 Å². The Balaban J connectivity index is 2.73. The Morgan fingerprint density at radius 1 is 1.64 bits per heavy atom. The summed E-state index contributed by atoms with van der Waals surface area (Å²) in [7, 11) is 0. The molecule has 62 valence electrons. The summed E-state index contributed by atoms with van der Waals surface area (Å²) in [5, 5.41) is 5.45. The molecule has 0 aromatic carbocycles. The molecular formula is C8H14N2S. The Labute approximate surface area is 71.7 Å². The Bertz CT molecular complexity index is 204. The minimum absolute atomic E-state index is 0.0226. The molecule has 1 aromatic heterocycles. The molecule has 1 heterocycles. The number of thiazole rings is 1. The van der Waals surface area contributed by atoms with Crippen molar-refractivity contribution in [3.63, 3.8) is 0 Å². The van der Waals surface area contributed by atoms with Crippen LogP contribution in [0.15, 0.2) is 10.9 Å². The van der Waals surface area contributed by atoms with Gasteiger partial charge >= 0.3 is 0 Å². The van der Waals surface area contributed by atoms with E-state index in [0.717, 1.165) is 12.2 Å². The van der Waals surface area contributed by atoms with Gasteiger partial charge in [0, 0.05) is 5.38 Å². The highest BCUT2D eigenvalue weighted by Gasteiger charge is 2.20. The second kappa shape index (κ2) is 3.32. The third kappa shape index (κ3) is 2.01. The minimum Gasteiger partial charge on any atom is -0.307 e. The molecular weight excluding hydrogens is 156 g/mol.